The molecule has 4 nitrogen and oxygen atoms in total. The molecule has 0 amide bonds. The maximum Gasteiger partial charge on any atom is 0.231 e. The van der Waals surface area contributed by atoms with Crippen LogP contribution in [-0.4, -0.2) is 37.9 Å². The van der Waals surface area contributed by atoms with E-state index in [1.807, 2.05) is 18.2 Å². The smallest absolute Gasteiger partial charge is 0.231 e. The van der Waals surface area contributed by atoms with Gasteiger partial charge in [-0.05, 0) is 6.07 Å². The molecule has 96 valence electrons. The van der Waals surface area contributed by atoms with Gasteiger partial charge in [-0.3, -0.25) is 4.90 Å². The van der Waals surface area contributed by atoms with Gasteiger partial charge >= 0.3 is 0 Å². The van der Waals surface area contributed by atoms with Gasteiger partial charge in [0.25, 0.3) is 0 Å². The molecule has 0 aliphatic carbocycles. The molecule has 1 saturated heterocycles. The van der Waals surface area contributed by atoms with Gasteiger partial charge in [0.2, 0.25) is 6.79 Å². The number of hydrogen-bond donors (Lipinski definition) is 1. The Bertz CT molecular complexity index is 441. The number of piperazine rings is 1. The summed E-state index contributed by atoms with van der Waals surface area (Å²) in [5.74, 6) is 1.72. The molecule has 0 unspecified atom stereocenters. The molecule has 0 bridgehead atoms. The Labute approximate surface area is 107 Å². The van der Waals surface area contributed by atoms with Crippen molar-refractivity contribution >= 4 is 0 Å². The highest BCUT2D eigenvalue weighted by atomic mass is 16.7. The highest BCUT2D eigenvalue weighted by Crippen LogP contribution is 2.40. The van der Waals surface area contributed by atoms with E-state index in [1.165, 1.54) is 0 Å². The topological polar surface area (TPSA) is 33.7 Å². The summed E-state index contributed by atoms with van der Waals surface area (Å²) in [6, 6.07) is 6.26. The number of fused-ring (bicyclic) bond motifs is 1. The van der Waals surface area contributed by atoms with Crippen LogP contribution in [0.4, 0.5) is 0 Å². The number of para-hydroxylation sites is 1. The van der Waals surface area contributed by atoms with Crippen LogP contribution in [-0.2, 0) is 0 Å². The van der Waals surface area contributed by atoms with Crippen molar-refractivity contribution < 1.29 is 9.47 Å². The lowest BCUT2D eigenvalue weighted by Crippen LogP contribution is -2.44. The molecular weight excluding hydrogens is 228 g/mol. The van der Waals surface area contributed by atoms with Gasteiger partial charge < -0.3 is 14.8 Å². The van der Waals surface area contributed by atoms with E-state index in [0.717, 1.165) is 43.2 Å². The molecule has 3 rings (SSSR count). The number of nitrogens with zero attached hydrogens (tertiary/aromatic N) is 1. The normalized spacial score (nSPS) is 20.7. The van der Waals surface area contributed by atoms with Crippen molar-refractivity contribution in [3.8, 4) is 11.5 Å². The van der Waals surface area contributed by atoms with Gasteiger partial charge in [-0.25, -0.2) is 0 Å². The zero-order valence-corrected chi connectivity index (χ0v) is 10.4. The van der Waals surface area contributed by atoms with Crippen LogP contribution in [0.3, 0.4) is 0 Å². The molecule has 0 radical (unpaired) electrons. The third-order valence-corrected chi connectivity index (χ3v) is 3.51. The first-order chi connectivity index (χ1) is 8.90. The van der Waals surface area contributed by atoms with Crippen LogP contribution in [0.5, 0.6) is 11.5 Å². The van der Waals surface area contributed by atoms with Gasteiger partial charge in [0.1, 0.15) is 0 Å². The second kappa shape index (κ2) is 5.00. The fourth-order valence-corrected chi connectivity index (χ4v) is 2.62. The number of nitrogens with one attached hydrogen (secondary N) is 1. The summed E-state index contributed by atoms with van der Waals surface area (Å²) in [6.07, 6.45) is 1.99. The third-order valence-electron chi connectivity index (χ3n) is 3.51. The van der Waals surface area contributed by atoms with Crippen LogP contribution in [0.2, 0.25) is 0 Å². The molecule has 2 aliphatic heterocycles. The molecule has 0 saturated carbocycles. The predicted octanol–water partition coefficient (Wildman–Crippen LogP) is 1.55. The highest BCUT2D eigenvalue weighted by Gasteiger charge is 2.26. The van der Waals surface area contributed by atoms with Gasteiger partial charge in [-0.15, -0.1) is 6.58 Å². The average Bonchev–Trinajstić information content (AvgIpc) is 2.90. The fraction of sp³-hybridized carbons (Fsp3) is 0.429. The van der Waals surface area contributed by atoms with E-state index in [1.54, 1.807) is 0 Å². The Kier molecular flexibility index (Phi) is 3.21. The minimum atomic E-state index is 0.198. The van der Waals surface area contributed by atoms with E-state index in [-0.39, 0.29) is 6.04 Å². The molecule has 18 heavy (non-hydrogen) atoms. The first-order valence-corrected chi connectivity index (χ1v) is 6.36. The zero-order chi connectivity index (χ0) is 12.4. The number of rotatable bonds is 3. The van der Waals surface area contributed by atoms with E-state index < -0.39 is 0 Å². The third kappa shape index (κ3) is 1.98. The minimum absolute atomic E-state index is 0.198. The molecule has 1 N–H and O–H groups in total. The lowest BCUT2D eigenvalue weighted by atomic mass is 10.0. The lowest BCUT2D eigenvalue weighted by Gasteiger charge is -2.33. The summed E-state index contributed by atoms with van der Waals surface area (Å²) in [5.41, 5.74) is 1.15. The first kappa shape index (κ1) is 11.6. The molecule has 1 atom stereocenters. The fourth-order valence-electron chi connectivity index (χ4n) is 2.62. The molecule has 4 heteroatoms. The Hall–Kier alpha value is -1.52. The number of hydrogen-bond acceptors (Lipinski definition) is 4. The SMILES string of the molecule is C=C[C@H](c1cccc2c1OCO2)N1CCNCC1. The van der Waals surface area contributed by atoms with Crippen molar-refractivity contribution in [2.24, 2.45) is 0 Å². The molecule has 1 aromatic rings. The second-order valence-electron chi connectivity index (χ2n) is 4.55. The van der Waals surface area contributed by atoms with Crippen molar-refractivity contribution in [3.63, 3.8) is 0 Å². The van der Waals surface area contributed by atoms with Crippen LogP contribution in [0, 0.1) is 0 Å². The van der Waals surface area contributed by atoms with Crippen molar-refractivity contribution in [2.75, 3.05) is 33.0 Å². The summed E-state index contributed by atoms with van der Waals surface area (Å²) in [7, 11) is 0. The first-order valence-electron chi connectivity index (χ1n) is 6.36. The van der Waals surface area contributed by atoms with Crippen LogP contribution in [0.1, 0.15) is 11.6 Å². The summed E-state index contributed by atoms with van der Waals surface area (Å²) in [5, 5.41) is 3.37. The van der Waals surface area contributed by atoms with Gasteiger partial charge in [-0.1, -0.05) is 18.2 Å². The summed E-state index contributed by atoms with van der Waals surface area (Å²) < 4.78 is 11.0. The zero-order valence-electron chi connectivity index (χ0n) is 10.4. The van der Waals surface area contributed by atoms with E-state index in [0.29, 0.717) is 6.79 Å². The van der Waals surface area contributed by atoms with E-state index >= 15 is 0 Å². The summed E-state index contributed by atoms with van der Waals surface area (Å²) >= 11 is 0. The van der Waals surface area contributed by atoms with Crippen LogP contribution in [0.15, 0.2) is 30.9 Å². The minimum Gasteiger partial charge on any atom is -0.454 e. The molecular formula is C14H18N2O2. The summed E-state index contributed by atoms with van der Waals surface area (Å²) in [6.45, 7) is 8.40. The van der Waals surface area contributed by atoms with Crippen LogP contribution in [0.25, 0.3) is 0 Å². The number of benzene rings is 1. The molecule has 1 fully saturated rings. The standard InChI is InChI=1S/C14H18N2O2/c1-2-12(16-8-6-15-7-9-16)11-4-3-5-13-14(11)18-10-17-13/h2-5,12,15H,1,6-10H2/t12-/m1/s1. The predicted molar refractivity (Wildman–Crippen MR) is 69.9 cm³/mol. The monoisotopic (exact) mass is 246 g/mol. The van der Waals surface area contributed by atoms with E-state index in [9.17, 15) is 0 Å². The largest absolute Gasteiger partial charge is 0.454 e. The van der Waals surface area contributed by atoms with E-state index in [4.69, 9.17) is 9.47 Å². The highest BCUT2D eigenvalue weighted by molar-refractivity contribution is 5.50. The molecule has 0 spiro atoms. The maximum absolute atomic E-state index is 5.59. The van der Waals surface area contributed by atoms with Crippen LogP contribution < -0.4 is 14.8 Å². The summed E-state index contributed by atoms with van der Waals surface area (Å²) in [4.78, 5) is 2.42. The molecule has 0 aromatic heterocycles. The average molecular weight is 246 g/mol. The Morgan fingerprint density at radius 2 is 2.11 bits per heavy atom. The molecule has 2 heterocycles. The van der Waals surface area contributed by atoms with Crippen LogP contribution >= 0.6 is 0 Å². The molecule has 2 aliphatic rings. The van der Waals surface area contributed by atoms with Crippen molar-refractivity contribution in [2.45, 2.75) is 6.04 Å². The van der Waals surface area contributed by atoms with Crippen molar-refractivity contribution in [1.82, 2.24) is 10.2 Å². The Morgan fingerprint density at radius 3 is 2.89 bits per heavy atom. The van der Waals surface area contributed by atoms with E-state index in [2.05, 4.69) is 22.9 Å². The quantitative estimate of drug-likeness (QED) is 0.820. The second-order valence-corrected chi connectivity index (χ2v) is 4.55. The van der Waals surface area contributed by atoms with Gasteiger partial charge in [0, 0.05) is 31.7 Å². The molecule has 1 aromatic carbocycles. The maximum atomic E-state index is 5.59. The van der Waals surface area contributed by atoms with Gasteiger partial charge in [0.05, 0.1) is 6.04 Å². The Balaban J connectivity index is 1.91. The lowest BCUT2D eigenvalue weighted by molar-refractivity contribution is 0.168. The van der Waals surface area contributed by atoms with Crippen molar-refractivity contribution in [3.05, 3.63) is 36.4 Å². The van der Waals surface area contributed by atoms with Crippen molar-refractivity contribution in [1.29, 1.82) is 0 Å². The Morgan fingerprint density at radius 1 is 1.28 bits per heavy atom. The number of ether oxygens (including phenoxy) is 2. The van der Waals surface area contributed by atoms with Gasteiger partial charge in [0.15, 0.2) is 11.5 Å². The van der Waals surface area contributed by atoms with Gasteiger partial charge in [-0.2, -0.15) is 0 Å².